The maximum atomic E-state index is 9.66. The molecule has 0 atom stereocenters. The Morgan fingerprint density at radius 2 is 1.73 bits per heavy atom. The van der Waals surface area contributed by atoms with E-state index in [1.807, 2.05) is 32.0 Å². The summed E-state index contributed by atoms with van der Waals surface area (Å²) in [6.07, 6.45) is 1.77. The maximum Gasteiger partial charge on any atom is 0.188 e. The normalized spacial score (nSPS) is 10.7. The summed E-state index contributed by atoms with van der Waals surface area (Å²) < 4.78 is 10.6. The molecule has 1 N–H and O–H groups in total. The first-order valence-electron chi connectivity index (χ1n) is 7.57. The van der Waals surface area contributed by atoms with E-state index in [4.69, 9.17) is 9.47 Å². The monoisotopic (exact) mass is 300 g/mol. The van der Waals surface area contributed by atoms with Gasteiger partial charge < -0.3 is 14.6 Å². The van der Waals surface area contributed by atoms with Gasteiger partial charge in [0.1, 0.15) is 11.5 Å². The van der Waals surface area contributed by atoms with Gasteiger partial charge in [-0.25, -0.2) is 0 Å². The number of aromatic hydroxyl groups is 1. The minimum Gasteiger partial charge on any atom is -0.508 e. The van der Waals surface area contributed by atoms with Crippen LogP contribution in [0.5, 0.6) is 11.5 Å². The highest BCUT2D eigenvalue weighted by Crippen LogP contribution is 2.26. The third kappa shape index (κ3) is 3.80. The number of aryl methyl sites for hydroxylation is 3. The zero-order chi connectivity index (χ0) is 16.1. The average molecular weight is 300 g/mol. The molecule has 3 nitrogen and oxygen atoms in total. The first-order chi connectivity index (χ1) is 10.5. The van der Waals surface area contributed by atoms with Gasteiger partial charge in [0.05, 0.1) is 0 Å². The highest BCUT2D eigenvalue weighted by atomic mass is 16.7. The van der Waals surface area contributed by atoms with Crippen molar-refractivity contribution < 1.29 is 14.6 Å². The zero-order valence-corrected chi connectivity index (χ0v) is 13.8. The second-order valence-corrected chi connectivity index (χ2v) is 5.58. The molecule has 0 spiro atoms. The molecule has 0 unspecified atom stereocenters. The van der Waals surface area contributed by atoms with Crippen molar-refractivity contribution >= 4 is 0 Å². The highest BCUT2D eigenvalue weighted by molar-refractivity contribution is 5.45. The minimum absolute atomic E-state index is 0.266. The Kier molecular flexibility index (Phi) is 5.45. The SMILES string of the molecule is CCc1cc(Cc2c(C)cc(O)cc2C)ccc1OCOC. The van der Waals surface area contributed by atoms with Gasteiger partial charge in [0.25, 0.3) is 0 Å². The number of methoxy groups -OCH3 is 1. The van der Waals surface area contributed by atoms with Crippen LogP contribution in [0.15, 0.2) is 30.3 Å². The molecule has 118 valence electrons. The summed E-state index contributed by atoms with van der Waals surface area (Å²) in [4.78, 5) is 0. The van der Waals surface area contributed by atoms with Gasteiger partial charge in [0.15, 0.2) is 6.79 Å². The summed E-state index contributed by atoms with van der Waals surface area (Å²) in [6.45, 7) is 6.47. The summed E-state index contributed by atoms with van der Waals surface area (Å²) in [6, 6.07) is 9.93. The van der Waals surface area contributed by atoms with Gasteiger partial charge in [0.2, 0.25) is 0 Å². The van der Waals surface area contributed by atoms with Crippen LogP contribution in [0.4, 0.5) is 0 Å². The van der Waals surface area contributed by atoms with Crippen LogP contribution in [0.1, 0.15) is 34.7 Å². The summed E-state index contributed by atoms with van der Waals surface area (Å²) in [5, 5.41) is 9.66. The Hall–Kier alpha value is -2.00. The van der Waals surface area contributed by atoms with Crippen LogP contribution >= 0.6 is 0 Å². The molecule has 2 rings (SSSR count). The number of rotatable bonds is 6. The fourth-order valence-electron chi connectivity index (χ4n) is 2.74. The standard InChI is InChI=1S/C19H24O3/c1-5-16-10-15(6-7-19(16)22-12-21-4)11-18-13(2)8-17(20)9-14(18)3/h6-10,20H,5,11-12H2,1-4H3. The van der Waals surface area contributed by atoms with Crippen molar-refractivity contribution in [1.29, 1.82) is 0 Å². The number of hydrogen-bond donors (Lipinski definition) is 1. The van der Waals surface area contributed by atoms with Crippen molar-refractivity contribution in [2.45, 2.75) is 33.6 Å². The summed E-state index contributed by atoms with van der Waals surface area (Å²) in [5.74, 6) is 1.21. The molecule has 0 aliphatic heterocycles. The van der Waals surface area contributed by atoms with E-state index in [-0.39, 0.29) is 6.79 Å². The van der Waals surface area contributed by atoms with Crippen LogP contribution in [0, 0.1) is 13.8 Å². The lowest BCUT2D eigenvalue weighted by Crippen LogP contribution is -2.02. The molecule has 0 aliphatic carbocycles. The number of phenolic OH excluding ortho intramolecular Hbond substituents is 1. The van der Waals surface area contributed by atoms with E-state index in [9.17, 15) is 5.11 Å². The van der Waals surface area contributed by atoms with Crippen molar-refractivity contribution in [1.82, 2.24) is 0 Å². The van der Waals surface area contributed by atoms with E-state index < -0.39 is 0 Å². The molecule has 0 bridgehead atoms. The summed E-state index contributed by atoms with van der Waals surface area (Å²) >= 11 is 0. The van der Waals surface area contributed by atoms with Gasteiger partial charge in [-0.3, -0.25) is 0 Å². The van der Waals surface area contributed by atoms with E-state index in [0.29, 0.717) is 5.75 Å². The molecular formula is C19H24O3. The molecule has 0 aromatic heterocycles. The van der Waals surface area contributed by atoms with Crippen molar-refractivity contribution in [3.05, 3.63) is 58.1 Å². The van der Waals surface area contributed by atoms with Crippen LogP contribution in [0.3, 0.4) is 0 Å². The number of hydrogen-bond acceptors (Lipinski definition) is 3. The molecule has 0 amide bonds. The Balaban J connectivity index is 2.27. The second kappa shape index (κ2) is 7.32. The summed E-state index contributed by atoms with van der Waals surface area (Å²) in [7, 11) is 1.62. The van der Waals surface area contributed by atoms with Crippen LogP contribution in [0.25, 0.3) is 0 Å². The Morgan fingerprint density at radius 1 is 1.05 bits per heavy atom. The van der Waals surface area contributed by atoms with Crippen molar-refractivity contribution in [3.63, 3.8) is 0 Å². The third-order valence-electron chi connectivity index (χ3n) is 3.90. The van der Waals surface area contributed by atoms with Crippen LogP contribution in [-0.4, -0.2) is 19.0 Å². The number of benzene rings is 2. The minimum atomic E-state index is 0.266. The van der Waals surface area contributed by atoms with E-state index in [0.717, 1.165) is 29.7 Å². The summed E-state index contributed by atoms with van der Waals surface area (Å²) in [5.41, 5.74) is 5.94. The van der Waals surface area contributed by atoms with Gasteiger partial charge in [-0.15, -0.1) is 0 Å². The average Bonchev–Trinajstić information content (AvgIpc) is 2.49. The van der Waals surface area contributed by atoms with E-state index in [1.165, 1.54) is 16.7 Å². The molecule has 0 heterocycles. The van der Waals surface area contributed by atoms with Crippen LogP contribution in [-0.2, 0) is 17.6 Å². The molecule has 2 aromatic rings. The van der Waals surface area contributed by atoms with Gasteiger partial charge in [0, 0.05) is 7.11 Å². The first kappa shape index (κ1) is 16.4. The molecule has 0 fully saturated rings. The number of phenols is 1. The van der Waals surface area contributed by atoms with Crippen molar-refractivity contribution in [2.24, 2.45) is 0 Å². The molecule has 3 heteroatoms. The van der Waals surface area contributed by atoms with E-state index in [1.54, 1.807) is 7.11 Å². The van der Waals surface area contributed by atoms with Crippen LogP contribution < -0.4 is 4.74 Å². The second-order valence-electron chi connectivity index (χ2n) is 5.58. The Bertz CT molecular complexity index is 624. The van der Waals surface area contributed by atoms with E-state index >= 15 is 0 Å². The third-order valence-corrected chi connectivity index (χ3v) is 3.90. The van der Waals surface area contributed by atoms with Crippen molar-refractivity contribution in [2.75, 3.05) is 13.9 Å². The molecule has 2 aromatic carbocycles. The highest BCUT2D eigenvalue weighted by Gasteiger charge is 2.09. The lowest BCUT2D eigenvalue weighted by Gasteiger charge is -2.14. The quantitative estimate of drug-likeness (QED) is 0.815. The Morgan fingerprint density at radius 3 is 2.32 bits per heavy atom. The molecule has 22 heavy (non-hydrogen) atoms. The zero-order valence-electron chi connectivity index (χ0n) is 13.8. The fraction of sp³-hybridized carbons (Fsp3) is 0.368. The van der Waals surface area contributed by atoms with Gasteiger partial charge >= 0.3 is 0 Å². The molecular weight excluding hydrogens is 276 g/mol. The van der Waals surface area contributed by atoms with Crippen LogP contribution in [0.2, 0.25) is 0 Å². The molecule has 0 radical (unpaired) electrons. The predicted octanol–water partition coefficient (Wildman–Crippen LogP) is 4.14. The Labute approximate surface area is 132 Å². The predicted molar refractivity (Wildman–Crippen MR) is 88.7 cm³/mol. The first-order valence-corrected chi connectivity index (χ1v) is 7.57. The van der Waals surface area contributed by atoms with Gasteiger partial charge in [-0.1, -0.05) is 19.1 Å². The van der Waals surface area contributed by atoms with Gasteiger partial charge in [-0.05, 0) is 72.7 Å². The lowest BCUT2D eigenvalue weighted by molar-refractivity contribution is 0.0504. The maximum absolute atomic E-state index is 9.66. The van der Waals surface area contributed by atoms with Crippen molar-refractivity contribution in [3.8, 4) is 11.5 Å². The molecule has 0 saturated carbocycles. The smallest absolute Gasteiger partial charge is 0.188 e. The molecule has 0 saturated heterocycles. The fourth-order valence-corrected chi connectivity index (χ4v) is 2.74. The largest absolute Gasteiger partial charge is 0.508 e. The topological polar surface area (TPSA) is 38.7 Å². The van der Waals surface area contributed by atoms with Gasteiger partial charge in [-0.2, -0.15) is 0 Å². The molecule has 0 aliphatic rings. The number of ether oxygens (including phenoxy) is 2. The van der Waals surface area contributed by atoms with E-state index in [2.05, 4.69) is 19.1 Å². The lowest BCUT2D eigenvalue weighted by atomic mass is 9.94.